The quantitative estimate of drug-likeness (QED) is 0.785. The molecule has 0 spiro atoms. The van der Waals surface area contributed by atoms with Crippen molar-refractivity contribution in [3.05, 3.63) is 23.8 Å². The molecule has 0 saturated heterocycles. The number of nitriles is 1. The van der Waals surface area contributed by atoms with Gasteiger partial charge >= 0.3 is 0 Å². The van der Waals surface area contributed by atoms with Crippen molar-refractivity contribution in [1.82, 2.24) is 0 Å². The smallest absolute Gasteiger partial charge is 0.102 e. The summed E-state index contributed by atoms with van der Waals surface area (Å²) in [6, 6.07) is 9.04. The predicted molar refractivity (Wildman–Crippen MR) is 89.6 cm³/mol. The fraction of sp³-hybridized carbons (Fsp3) is 0.611. The molecule has 3 heteroatoms. The predicted octanol–water partition coefficient (Wildman–Crippen LogP) is 4.91. The zero-order valence-corrected chi connectivity index (χ0v) is 13.7. The first kappa shape index (κ1) is 14.8. The van der Waals surface area contributed by atoms with Gasteiger partial charge in [-0.25, -0.2) is 0 Å². The van der Waals surface area contributed by atoms with Crippen LogP contribution in [0, 0.1) is 29.1 Å². The van der Waals surface area contributed by atoms with Crippen molar-refractivity contribution in [3.63, 3.8) is 0 Å². The summed E-state index contributed by atoms with van der Waals surface area (Å²) in [5.41, 5.74) is 1.84. The fourth-order valence-corrected chi connectivity index (χ4v) is 5.09. The summed E-state index contributed by atoms with van der Waals surface area (Å²) in [6.07, 6.45) is 5.68. The summed E-state index contributed by atoms with van der Waals surface area (Å²) >= 11 is 1.75. The van der Waals surface area contributed by atoms with E-state index in [1.54, 1.807) is 11.8 Å². The molecule has 2 nitrogen and oxygen atoms in total. The highest BCUT2D eigenvalue weighted by Crippen LogP contribution is 2.50. The van der Waals surface area contributed by atoms with Crippen LogP contribution in [0.1, 0.15) is 45.1 Å². The van der Waals surface area contributed by atoms with E-state index in [4.69, 9.17) is 0 Å². The monoisotopic (exact) mass is 300 g/mol. The van der Waals surface area contributed by atoms with Crippen LogP contribution in [0.2, 0.25) is 0 Å². The first-order valence-corrected chi connectivity index (χ1v) is 9.14. The molecule has 0 aliphatic heterocycles. The third-order valence-electron chi connectivity index (χ3n) is 5.26. The molecule has 21 heavy (non-hydrogen) atoms. The second-order valence-corrected chi connectivity index (χ2v) is 7.80. The Hall–Kier alpha value is -1.14. The minimum atomic E-state index is 0.467. The lowest BCUT2D eigenvalue weighted by molar-refractivity contribution is 0.304. The van der Waals surface area contributed by atoms with Gasteiger partial charge in [-0.3, -0.25) is 0 Å². The van der Waals surface area contributed by atoms with Gasteiger partial charge < -0.3 is 5.32 Å². The lowest BCUT2D eigenvalue weighted by Gasteiger charge is -2.29. The zero-order valence-electron chi connectivity index (χ0n) is 12.9. The molecule has 2 bridgehead atoms. The Morgan fingerprint density at radius 2 is 2.24 bits per heavy atom. The number of nitrogens with zero attached hydrogens (tertiary/aromatic N) is 1. The van der Waals surface area contributed by atoms with E-state index < -0.39 is 0 Å². The Morgan fingerprint density at radius 3 is 2.86 bits per heavy atom. The van der Waals surface area contributed by atoms with E-state index >= 15 is 0 Å². The van der Waals surface area contributed by atoms with Gasteiger partial charge in [-0.15, -0.1) is 11.8 Å². The van der Waals surface area contributed by atoms with Crippen LogP contribution >= 0.6 is 11.8 Å². The lowest BCUT2D eigenvalue weighted by atomic mass is 9.84. The average Bonchev–Trinajstić information content (AvgIpc) is 3.10. The van der Waals surface area contributed by atoms with Crippen molar-refractivity contribution < 1.29 is 0 Å². The molecule has 1 aromatic rings. The molecular weight excluding hydrogens is 276 g/mol. The van der Waals surface area contributed by atoms with E-state index in [1.165, 1.54) is 25.7 Å². The Bertz CT molecular complexity index is 549. The SMILES string of the molecule is CCSc1cccc(NC(C)C2CC3CCC2C3)c1C#N. The molecule has 2 aliphatic rings. The van der Waals surface area contributed by atoms with Crippen LogP contribution in [-0.4, -0.2) is 11.8 Å². The third kappa shape index (κ3) is 2.92. The van der Waals surface area contributed by atoms with Crippen molar-refractivity contribution in [3.8, 4) is 6.07 Å². The summed E-state index contributed by atoms with van der Waals surface area (Å²) in [5.74, 6) is 3.68. The van der Waals surface area contributed by atoms with Gasteiger partial charge in [0.25, 0.3) is 0 Å². The van der Waals surface area contributed by atoms with Crippen LogP contribution in [0.3, 0.4) is 0 Å². The molecule has 1 N–H and O–H groups in total. The molecule has 2 saturated carbocycles. The molecule has 112 valence electrons. The normalized spacial score (nSPS) is 28.3. The van der Waals surface area contributed by atoms with Crippen molar-refractivity contribution in [2.24, 2.45) is 17.8 Å². The van der Waals surface area contributed by atoms with E-state index in [9.17, 15) is 5.26 Å². The molecule has 0 amide bonds. The number of benzene rings is 1. The Labute approximate surface area is 132 Å². The van der Waals surface area contributed by atoms with E-state index in [1.807, 2.05) is 0 Å². The summed E-state index contributed by atoms with van der Waals surface area (Å²) in [4.78, 5) is 1.10. The highest BCUT2D eigenvalue weighted by atomic mass is 32.2. The molecule has 0 heterocycles. The minimum absolute atomic E-state index is 0.467. The summed E-state index contributed by atoms with van der Waals surface area (Å²) in [5, 5.41) is 13.2. The molecule has 2 fully saturated rings. The Kier molecular flexibility index (Phi) is 4.45. The third-order valence-corrected chi connectivity index (χ3v) is 6.20. The first-order valence-electron chi connectivity index (χ1n) is 8.15. The fourth-order valence-electron chi connectivity index (χ4n) is 4.30. The number of nitrogens with one attached hydrogen (secondary N) is 1. The van der Waals surface area contributed by atoms with Gasteiger partial charge in [-0.05, 0) is 61.8 Å². The Balaban J connectivity index is 1.75. The van der Waals surface area contributed by atoms with Crippen LogP contribution in [0.25, 0.3) is 0 Å². The van der Waals surface area contributed by atoms with Crippen LogP contribution in [0.15, 0.2) is 23.1 Å². The van der Waals surface area contributed by atoms with E-state index in [0.717, 1.165) is 39.7 Å². The highest BCUT2D eigenvalue weighted by Gasteiger charge is 2.41. The number of thioether (sulfide) groups is 1. The van der Waals surface area contributed by atoms with Crippen LogP contribution in [0.5, 0.6) is 0 Å². The summed E-state index contributed by atoms with van der Waals surface area (Å²) in [7, 11) is 0. The van der Waals surface area contributed by atoms with Crippen LogP contribution in [0.4, 0.5) is 5.69 Å². The van der Waals surface area contributed by atoms with Gasteiger partial charge in [0.2, 0.25) is 0 Å². The van der Waals surface area contributed by atoms with E-state index in [0.29, 0.717) is 6.04 Å². The molecule has 2 aliphatic carbocycles. The van der Waals surface area contributed by atoms with Gasteiger partial charge in [0.15, 0.2) is 0 Å². The van der Waals surface area contributed by atoms with Gasteiger partial charge in [0.05, 0.1) is 11.3 Å². The summed E-state index contributed by atoms with van der Waals surface area (Å²) < 4.78 is 0. The van der Waals surface area contributed by atoms with Crippen molar-refractivity contribution in [2.45, 2.75) is 50.5 Å². The van der Waals surface area contributed by atoms with Crippen molar-refractivity contribution in [2.75, 3.05) is 11.1 Å². The van der Waals surface area contributed by atoms with E-state index in [-0.39, 0.29) is 0 Å². The van der Waals surface area contributed by atoms with Crippen molar-refractivity contribution >= 4 is 17.4 Å². The number of hydrogen-bond acceptors (Lipinski definition) is 3. The van der Waals surface area contributed by atoms with Crippen LogP contribution in [-0.2, 0) is 0 Å². The van der Waals surface area contributed by atoms with Gasteiger partial charge in [-0.2, -0.15) is 5.26 Å². The van der Waals surface area contributed by atoms with Crippen molar-refractivity contribution in [1.29, 1.82) is 5.26 Å². The number of hydrogen-bond donors (Lipinski definition) is 1. The average molecular weight is 300 g/mol. The number of fused-ring (bicyclic) bond motifs is 2. The number of rotatable bonds is 5. The maximum absolute atomic E-state index is 9.51. The Morgan fingerprint density at radius 1 is 1.38 bits per heavy atom. The second-order valence-electron chi connectivity index (χ2n) is 6.50. The minimum Gasteiger partial charge on any atom is -0.381 e. The molecule has 3 rings (SSSR count). The maximum atomic E-state index is 9.51. The lowest BCUT2D eigenvalue weighted by Crippen LogP contribution is -2.30. The van der Waals surface area contributed by atoms with Crippen LogP contribution < -0.4 is 5.32 Å². The topological polar surface area (TPSA) is 35.8 Å². The van der Waals surface area contributed by atoms with Gasteiger partial charge in [-0.1, -0.05) is 19.4 Å². The largest absolute Gasteiger partial charge is 0.381 e. The molecule has 0 radical (unpaired) electrons. The molecule has 4 atom stereocenters. The highest BCUT2D eigenvalue weighted by molar-refractivity contribution is 7.99. The zero-order chi connectivity index (χ0) is 14.8. The van der Waals surface area contributed by atoms with Gasteiger partial charge in [0.1, 0.15) is 6.07 Å². The molecule has 4 unspecified atom stereocenters. The van der Waals surface area contributed by atoms with E-state index in [2.05, 4.69) is 43.4 Å². The standard InChI is InChI=1S/C18H24N2S/c1-3-21-18-6-4-5-17(16(18)11-19)20-12(2)15-10-13-7-8-14(15)9-13/h4-6,12-15,20H,3,7-10H2,1-2H3. The summed E-state index contributed by atoms with van der Waals surface area (Å²) in [6.45, 7) is 4.43. The first-order chi connectivity index (χ1) is 10.2. The number of anilines is 1. The molecular formula is C18H24N2S. The second kappa shape index (κ2) is 6.32. The maximum Gasteiger partial charge on any atom is 0.102 e. The molecule has 1 aromatic carbocycles. The molecule has 0 aromatic heterocycles. The van der Waals surface area contributed by atoms with Gasteiger partial charge in [0, 0.05) is 10.9 Å².